The molecule has 17 heavy (non-hydrogen) atoms. The normalized spacial score (nSPS) is 20.6. The van der Waals surface area contributed by atoms with Gasteiger partial charge in [-0.1, -0.05) is 0 Å². The first-order valence-electron chi connectivity index (χ1n) is 5.72. The van der Waals surface area contributed by atoms with Crippen LogP contribution in [0.1, 0.15) is 16.8 Å². The molecule has 1 aliphatic heterocycles. The Hall–Kier alpha value is -1.49. The second kappa shape index (κ2) is 5.23. The van der Waals surface area contributed by atoms with E-state index < -0.39 is 6.17 Å². The van der Waals surface area contributed by atoms with Crippen LogP contribution < -0.4 is 5.56 Å². The molecule has 0 spiro atoms. The van der Waals surface area contributed by atoms with Crippen LogP contribution in [0.5, 0.6) is 0 Å². The van der Waals surface area contributed by atoms with Gasteiger partial charge >= 0.3 is 0 Å². The molecule has 5 heteroatoms. The second-order valence-corrected chi connectivity index (χ2v) is 4.27. The predicted molar refractivity (Wildman–Crippen MR) is 62.0 cm³/mol. The first kappa shape index (κ1) is 12.0. The third-order valence-corrected chi connectivity index (χ3v) is 3.05. The lowest BCUT2D eigenvalue weighted by molar-refractivity contribution is 0.112. The zero-order chi connectivity index (χ0) is 12.3. The maximum absolute atomic E-state index is 12.9. The van der Waals surface area contributed by atoms with E-state index in [0.29, 0.717) is 32.3 Å². The average molecular weight is 238 g/mol. The van der Waals surface area contributed by atoms with Crippen molar-refractivity contribution in [2.45, 2.75) is 19.1 Å². The van der Waals surface area contributed by atoms with E-state index in [-0.39, 0.29) is 11.1 Å². The van der Waals surface area contributed by atoms with Crippen molar-refractivity contribution in [3.63, 3.8) is 0 Å². The summed E-state index contributed by atoms with van der Waals surface area (Å²) in [7, 11) is 0. The van der Waals surface area contributed by atoms with E-state index >= 15 is 0 Å². The van der Waals surface area contributed by atoms with Crippen LogP contribution in [0.3, 0.4) is 0 Å². The van der Waals surface area contributed by atoms with Gasteiger partial charge in [-0.2, -0.15) is 0 Å². The first-order valence-corrected chi connectivity index (χ1v) is 5.72. The lowest BCUT2D eigenvalue weighted by Gasteiger charge is -2.15. The SMILES string of the molecule is O=Cc1cccn(CCN2CCC(F)C2)c1=O. The zero-order valence-electron chi connectivity index (χ0n) is 9.51. The van der Waals surface area contributed by atoms with E-state index in [0.717, 1.165) is 6.54 Å². The van der Waals surface area contributed by atoms with Gasteiger partial charge in [0.25, 0.3) is 5.56 Å². The molecule has 1 atom stereocenters. The number of rotatable bonds is 4. The monoisotopic (exact) mass is 238 g/mol. The third-order valence-electron chi connectivity index (χ3n) is 3.05. The number of hydrogen-bond donors (Lipinski definition) is 0. The molecule has 1 aliphatic rings. The first-order chi connectivity index (χ1) is 8.20. The number of carbonyl (C=O) groups is 1. The maximum atomic E-state index is 12.9. The van der Waals surface area contributed by atoms with Crippen molar-refractivity contribution in [1.82, 2.24) is 9.47 Å². The summed E-state index contributed by atoms with van der Waals surface area (Å²) in [5, 5.41) is 0. The van der Waals surface area contributed by atoms with Crippen molar-refractivity contribution in [2.24, 2.45) is 0 Å². The van der Waals surface area contributed by atoms with Crippen LogP contribution >= 0.6 is 0 Å². The summed E-state index contributed by atoms with van der Waals surface area (Å²) in [4.78, 5) is 24.3. The van der Waals surface area contributed by atoms with Gasteiger partial charge in [0.05, 0.1) is 5.56 Å². The molecule has 1 saturated heterocycles. The number of aldehydes is 1. The molecular weight excluding hydrogens is 223 g/mol. The predicted octanol–water partition coefficient (Wildman–Crippen LogP) is 0.705. The Balaban J connectivity index is 1.99. The molecule has 0 saturated carbocycles. The summed E-state index contributed by atoms with van der Waals surface area (Å²) in [5.41, 5.74) is -0.115. The van der Waals surface area contributed by atoms with Crippen LogP contribution in [0.15, 0.2) is 23.1 Å². The number of likely N-dealkylation sites (tertiary alicyclic amines) is 1. The van der Waals surface area contributed by atoms with Gasteiger partial charge in [-0.25, -0.2) is 4.39 Å². The molecule has 4 nitrogen and oxygen atoms in total. The summed E-state index contributed by atoms with van der Waals surface area (Å²) >= 11 is 0. The van der Waals surface area contributed by atoms with Crippen LogP contribution in [-0.4, -0.2) is 41.6 Å². The molecule has 0 aliphatic carbocycles. The molecular formula is C12H15FN2O2. The highest BCUT2D eigenvalue weighted by Crippen LogP contribution is 2.11. The highest BCUT2D eigenvalue weighted by atomic mass is 19.1. The maximum Gasteiger partial charge on any atom is 0.261 e. The smallest absolute Gasteiger partial charge is 0.261 e. The van der Waals surface area contributed by atoms with Crippen LogP contribution in [0.2, 0.25) is 0 Å². The van der Waals surface area contributed by atoms with Gasteiger partial charge in [-0.3, -0.25) is 14.5 Å². The summed E-state index contributed by atoms with van der Waals surface area (Å²) in [6, 6.07) is 3.17. The molecule has 1 fully saturated rings. The van der Waals surface area contributed by atoms with Crippen molar-refractivity contribution in [3.8, 4) is 0 Å². The van der Waals surface area contributed by atoms with E-state index in [1.54, 1.807) is 12.3 Å². The van der Waals surface area contributed by atoms with Gasteiger partial charge in [0.1, 0.15) is 6.17 Å². The number of pyridine rings is 1. The number of hydrogen-bond acceptors (Lipinski definition) is 3. The van der Waals surface area contributed by atoms with E-state index in [1.165, 1.54) is 10.6 Å². The van der Waals surface area contributed by atoms with Gasteiger partial charge in [-0.05, 0) is 18.6 Å². The zero-order valence-corrected chi connectivity index (χ0v) is 9.51. The Kier molecular flexibility index (Phi) is 3.68. The van der Waals surface area contributed by atoms with Crippen LogP contribution in [-0.2, 0) is 6.54 Å². The number of alkyl halides is 1. The highest BCUT2D eigenvalue weighted by molar-refractivity contribution is 5.73. The Labute approximate surface area is 98.7 Å². The van der Waals surface area contributed by atoms with Crippen molar-refractivity contribution < 1.29 is 9.18 Å². The number of carbonyl (C=O) groups excluding carboxylic acids is 1. The van der Waals surface area contributed by atoms with Gasteiger partial charge in [0.15, 0.2) is 6.29 Å². The fourth-order valence-corrected chi connectivity index (χ4v) is 2.06. The molecule has 1 aromatic rings. The van der Waals surface area contributed by atoms with Crippen molar-refractivity contribution in [2.75, 3.05) is 19.6 Å². The third kappa shape index (κ3) is 2.79. The Bertz CT molecular complexity index is 458. The summed E-state index contributed by atoms with van der Waals surface area (Å²) < 4.78 is 14.4. The molecule has 0 N–H and O–H groups in total. The lowest BCUT2D eigenvalue weighted by Crippen LogP contribution is -2.30. The molecule has 0 bridgehead atoms. The Morgan fingerprint density at radius 2 is 2.29 bits per heavy atom. The second-order valence-electron chi connectivity index (χ2n) is 4.27. The summed E-state index contributed by atoms with van der Waals surface area (Å²) in [5.74, 6) is 0. The molecule has 1 unspecified atom stereocenters. The minimum atomic E-state index is -0.743. The fraction of sp³-hybridized carbons (Fsp3) is 0.500. The largest absolute Gasteiger partial charge is 0.314 e. The average Bonchev–Trinajstić information content (AvgIpc) is 2.74. The molecule has 0 amide bonds. The minimum absolute atomic E-state index is 0.164. The van der Waals surface area contributed by atoms with Crippen LogP contribution in [0.4, 0.5) is 4.39 Å². The van der Waals surface area contributed by atoms with Gasteiger partial charge in [0, 0.05) is 32.4 Å². The molecule has 0 aromatic carbocycles. The molecule has 92 valence electrons. The lowest BCUT2D eigenvalue weighted by atomic mass is 10.3. The molecule has 1 aromatic heterocycles. The van der Waals surface area contributed by atoms with E-state index in [4.69, 9.17) is 0 Å². The van der Waals surface area contributed by atoms with Crippen molar-refractivity contribution in [3.05, 3.63) is 34.2 Å². The van der Waals surface area contributed by atoms with Crippen LogP contribution in [0, 0.1) is 0 Å². The highest BCUT2D eigenvalue weighted by Gasteiger charge is 2.21. The fourth-order valence-electron chi connectivity index (χ4n) is 2.06. The number of aromatic nitrogens is 1. The standard InChI is InChI=1S/C12H15FN2O2/c13-11-3-5-14(8-11)6-7-15-4-1-2-10(9-16)12(15)17/h1-2,4,9,11H,3,5-8H2. The summed E-state index contributed by atoms with van der Waals surface area (Å²) in [6.07, 6.45) is 2.04. The Morgan fingerprint density at radius 1 is 1.47 bits per heavy atom. The molecule has 2 heterocycles. The molecule has 2 rings (SSSR count). The van der Waals surface area contributed by atoms with E-state index in [9.17, 15) is 14.0 Å². The summed E-state index contributed by atoms with van der Waals surface area (Å²) in [6.45, 7) is 2.32. The van der Waals surface area contributed by atoms with Crippen molar-refractivity contribution >= 4 is 6.29 Å². The topological polar surface area (TPSA) is 42.3 Å². The van der Waals surface area contributed by atoms with Gasteiger partial charge in [-0.15, -0.1) is 0 Å². The van der Waals surface area contributed by atoms with E-state index in [1.807, 2.05) is 4.90 Å². The Morgan fingerprint density at radius 3 is 2.94 bits per heavy atom. The number of halogens is 1. The quantitative estimate of drug-likeness (QED) is 0.725. The van der Waals surface area contributed by atoms with E-state index in [2.05, 4.69) is 0 Å². The van der Waals surface area contributed by atoms with Gasteiger partial charge < -0.3 is 4.57 Å². The van der Waals surface area contributed by atoms with Crippen LogP contribution in [0.25, 0.3) is 0 Å². The van der Waals surface area contributed by atoms with Gasteiger partial charge in [0.2, 0.25) is 0 Å². The molecule has 0 radical (unpaired) electrons. The van der Waals surface area contributed by atoms with Crippen molar-refractivity contribution in [1.29, 1.82) is 0 Å². The minimum Gasteiger partial charge on any atom is -0.314 e. The number of nitrogens with zero attached hydrogens (tertiary/aromatic N) is 2.